The highest BCUT2D eigenvalue weighted by Gasteiger charge is 2.10. The van der Waals surface area contributed by atoms with E-state index >= 15 is 0 Å². The second-order valence-electron chi connectivity index (χ2n) is 4.58. The van der Waals surface area contributed by atoms with Crippen LogP contribution in [-0.4, -0.2) is 22.4 Å². The summed E-state index contributed by atoms with van der Waals surface area (Å²) in [5.74, 6) is -0.263. The first-order valence-corrected chi connectivity index (χ1v) is 6.54. The zero-order chi connectivity index (χ0) is 14.5. The minimum atomic E-state index is -0.263. The Balaban J connectivity index is 2.21. The number of hydrogen-bond donors (Lipinski definition) is 2. The van der Waals surface area contributed by atoms with Gasteiger partial charge in [0.15, 0.2) is 0 Å². The molecule has 0 aliphatic carbocycles. The molecule has 1 heterocycles. The Labute approximate surface area is 118 Å². The lowest BCUT2D eigenvalue weighted by atomic mass is 10.2. The van der Waals surface area contributed by atoms with E-state index in [2.05, 4.69) is 20.6 Å². The summed E-state index contributed by atoms with van der Waals surface area (Å²) < 4.78 is 0. The van der Waals surface area contributed by atoms with Crippen molar-refractivity contribution in [1.29, 1.82) is 0 Å². The number of carbonyl (C=O) groups is 1. The van der Waals surface area contributed by atoms with Gasteiger partial charge in [0, 0.05) is 12.7 Å². The van der Waals surface area contributed by atoms with Gasteiger partial charge in [-0.3, -0.25) is 9.78 Å². The number of amides is 1. The number of nitrogens with one attached hydrogen (secondary N) is 2. The number of aryl methyl sites for hydroxylation is 2. The summed E-state index contributed by atoms with van der Waals surface area (Å²) in [4.78, 5) is 20.3. The third kappa shape index (κ3) is 3.32. The molecule has 20 heavy (non-hydrogen) atoms. The maximum absolute atomic E-state index is 12.1. The van der Waals surface area contributed by atoms with Crippen molar-refractivity contribution in [3.63, 3.8) is 0 Å². The second-order valence-corrected chi connectivity index (χ2v) is 4.58. The minimum absolute atomic E-state index is 0.263. The van der Waals surface area contributed by atoms with Gasteiger partial charge in [0.2, 0.25) is 0 Å². The average molecular weight is 270 g/mol. The van der Waals surface area contributed by atoms with Gasteiger partial charge in [0.05, 0.1) is 23.3 Å². The van der Waals surface area contributed by atoms with E-state index in [-0.39, 0.29) is 5.91 Å². The van der Waals surface area contributed by atoms with E-state index in [1.165, 1.54) is 6.20 Å². The molecule has 0 saturated carbocycles. The molecule has 0 bridgehead atoms. The van der Waals surface area contributed by atoms with Crippen molar-refractivity contribution in [2.45, 2.75) is 20.8 Å². The molecule has 0 atom stereocenters. The number of rotatable bonds is 4. The molecule has 2 aromatic rings. The lowest BCUT2D eigenvalue weighted by molar-refractivity contribution is 0.102. The fourth-order valence-corrected chi connectivity index (χ4v) is 1.80. The first-order chi connectivity index (χ1) is 9.60. The Morgan fingerprint density at radius 3 is 2.60 bits per heavy atom. The average Bonchev–Trinajstić information content (AvgIpc) is 2.43. The van der Waals surface area contributed by atoms with Crippen molar-refractivity contribution in [2.24, 2.45) is 0 Å². The van der Waals surface area contributed by atoms with Crippen LogP contribution in [0.5, 0.6) is 0 Å². The lowest BCUT2D eigenvalue weighted by Crippen LogP contribution is -2.15. The number of aromatic nitrogens is 2. The number of hydrogen-bond acceptors (Lipinski definition) is 4. The van der Waals surface area contributed by atoms with Crippen LogP contribution in [0.4, 0.5) is 11.4 Å². The minimum Gasteiger partial charge on any atom is -0.384 e. The molecule has 1 amide bonds. The van der Waals surface area contributed by atoms with Crippen LogP contribution in [0.1, 0.15) is 28.7 Å². The number of benzene rings is 1. The van der Waals surface area contributed by atoms with Gasteiger partial charge in [0.1, 0.15) is 5.69 Å². The summed E-state index contributed by atoms with van der Waals surface area (Å²) in [6.45, 7) is 6.64. The van der Waals surface area contributed by atoms with Crippen LogP contribution in [0.25, 0.3) is 0 Å². The third-order valence-electron chi connectivity index (χ3n) is 2.80. The zero-order valence-electron chi connectivity index (χ0n) is 11.9. The summed E-state index contributed by atoms with van der Waals surface area (Å²) in [6, 6.07) is 5.84. The molecule has 5 nitrogen and oxygen atoms in total. The number of nitrogens with zero attached hydrogens (tertiary/aromatic N) is 2. The molecule has 5 heteroatoms. The maximum atomic E-state index is 12.1. The van der Waals surface area contributed by atoms with Gasteiger partial charge < -0.3 is 10.6 Å². The van der Waals surface area contributed by atoms with Crippen LogP contribution in [0.3, 0.4) is 0 Å². The van der Waals surface area contributed by atoms with Crippen LogP contribution in [0, 0.1) is 13.8 Å². The largest absolute Gasteiger partial charge is 0.384 e. The van der Waals surface area contributed by atoms with Crippen molar-refractivity contribution in [1.82, 2.24) is 9.97 Å². The van der Waals surface area contributed by atoms with Gasteiger partial charge in [-0.15, -0.1) is 0 Å². The third-order valence-corrected chi connectivity index (χ3v) is 2.80. The number of carbonyl (C=O) groups excluding carboxylic acids is 1. The Morgan fingerprint density at radius 2 is 1.95 bits per heavy atom. The van der Waals surface area contributed by atoms with Gasteiger partial charge in [-0.2, -0.15) is 0 Å². The van der Waals surface area contributed by atoms with Crippen LogP contribution in [0.2, 0.25) is 0 Å². The molecule has 0 fully saturated rings. The molecule has 2 rings (SSSR count). The van der Waals surface area contributed by atoms with E-state index in [0.29, 0.717) is 5.69 Å². The monoisotopic (exact) mass is 270 g/mol. The smallest absolute Gasteiger partial charge is 0.275 e. The summed E-state index contributed by atoms with van der Waals surface area (Å²) in [5.41, 5.74) is 3.86. The Bertz CT molecular complexity index is 608. The van der Waals surface area contributed by atoms with Gasteiger partial charge >= 0.3 is 0 Å². The molecule has 0 saturated heterocycles. The highest BCUT2D eigenvalue weighted by atomic mass is 16.1. The molecule has 104 valence electrons. The van der Waals surface area contributed by atoms with Crippen LogP contribution in [-0.2, 0) is 0 Å². The Hall–Kier alpha value is -2.43. The quantitative estimate of drug-likeness (QED) is 0.896. The predicted molar refractivity (Wildman–Crippen MR) is 80.1 cm³/mol. The topological polar surface area (TPSA) is 66.9 Å². The summed E-state index contributed by atoms with van der Waals surface area (Å²) in [5, 5.41) is 6.09. The van der Waals surface area contributed by atoms with Crippen molar-refractivity contribution in [2.75, 3.05) is 17.2 Å². The fourth-order valence-electron chi connectivity index (χ4n) is 1.80. The molecular formula is C15H18N4O. The Morgan fingerprint density at radius 1 is 1.15 bits per heavy atom. The molecular weight excluding hydrogens is 252 g/mol. The molecule has 2 N–H and O–H groups in total. The van der Waals surface area contributed by atoms with Gasteiger partial charge in [0.25, 0.3) is 5.91 Å². The van der Waals surface area contributed by atoms with E-state index in [9.17, 15) is 4.79 Å². The fraction of sp³-hybridized carbons (Fsp3) is 0.267. The molecule has 0 radical (unpaired) electrons. The van der Waals surface area contributed by atoms with Gasteiger partial charge in [-0.25, -0.2) is 4.98 Å². The lowest BCUT2D eigenvalue weighted by Gasteiger charge is -2.12. The normalized spacial score (nSPS) is 10.2. The molecule has 0 spiro atoms. The van der Waals surface area contributed by atoms with Crippen LogP contribution in [0.15, 0.2) is 30.6 Å². The SMILES string of the molecule is CCNc1cc(C)ccc1NC(=O)c1cnc(C)cn1. The molecule has 1 aromatic carbocycles. The maximum Gasteiger partial charge on any atom is 0.275 e. The summed E-state index contributed by atoms with van der Waals surface area (Å²) >= 11 is 0. The number of anilines is 2. The first kappa shape index (κ1) is 14.0. The predicted octanol–water partition coefficient (Wildman–Crippen LogP) is 2.78. The van der Waals surface area contributed by atoms with Crippen molar-refractivity contribution in [3.05, 3.63) is 47.5 Å². The molecule has 0 aliphatic heterocycles. The molecule has 0 unspecified atom stereocenters. The standard InChI is InChI=1S/C15H18N4O/c1-4-16-13-7-10(2)5-6-12(13)19-15(20)14-9-17-11(3)8-18-14/h5-9,16H,4H2,1-3H3,(H,19,20). The van der Waals surface area contributed by atoms with E-state index < -0.39 is 0 Å². The van der Waals surface area contributed by atoms with Gasteiger partial charge in [-0.05, 0) is 38.5 Å². The summed E-state index contributed by atoms with van der Waals surface area (Å²) in [6.07, 6.45) is 3.06. The highest BCUT2D eigenvalue weighted by Crippen LogP contribution is 2.23. The van der Waals surface area contributed by atoms with E-state index in [4.69, 9.17) is 0 Å². The van der Waals surface area contributed by atoms with Crippen LogP contribution >= 0.6 is 0 Å². The first-order valence-electron chi connectivity index (χ1n) is 6.54. The van der Waals surface area contributed by atoms with Crippen LogP contribution < -0.4 is 10.6 Å². The molecule has 1 aromatic heterocycles. The van der Waals surface area contributed by atoms with Crippen molar-refractivity contribution >= 4 is 17.3 Å². The van der Waals surface area contributed by atoms with E-state index in [1.54, 1.807) is 6.20 Å². The molecule has 0 aliphatic rings. The van der Waals surface area contributed by atoms with Crippen molar-refractivity contribution in [3.8, 4) is 0 Å². The van der Waals surface area contributed by atoms with Crippen molar-refractivity contribution < 1.29 is 4.79 Å². The second kappa shape index (κ2) is 6.14. The summed E-state index contributed by atoms with van der Waals surface area (Å²) in [7, 11) is 0. The van der Waals surface area contributed by atoms with E-state index in [1.807, 2.05) is 39.0 Å². The highest BCUT2D eigenvalue weighted by molar-refractivity contribution is 6.04. The zero-order valence-corrected chi connectivity index (χ0v) is 11.9. The van der Waals surface area contributed by atoms with Gasteiger partial charge in [-0.1, -0.05) is 6.07 Å². The Kier molecular flexibility index (Phi) is 4.30. The van der Waals surface area contributed by atoms with E-state index in [0.717, 1.165) is 29.2 Å².